The zero-order valence-corrected chi connectivity index (χ0v) is 84.5. The van der Waals surface area contributed by atoms with E-state index in [2.05, 4.69) is 67.2 Å². The number of para-hydroxylation sites is 1. The van der Waals surface area contributed by atoms with E-state index in [0.29, 0.717) is 130 Å². The third-order valence-corrected chi connectivity index (χ3v) is 30.8. The molecule has 18 nitrogen and oxygen atoms in total. The Kier molecular flexibility index (Phi) is 33.8. The first kappa shape index (κ1) is 110. The minimum atomic E-state index is -4.59. The van der Waals surface area contributed by atoms with Crippen molar-refractivity contribution in [2.75, 3.05) is 138 Å². The molecule has 0 aliphatic carbocycles. The fourth-order valence-electron chi connectivity index (χ4n) is 22.7. The summed E-state index contributed by atoms with van der Waals surface area (Å²) in [5.41, 5.74) is 4.94. The van der Waals surface area contributed by atoms with E-state index in [4.69, 9.17) is 18.9 Å². The van der Waals surface area contributed by atoms with Gasteiger partial charge in [0.15, 0.2) is 0 Å². The molecule has 20 rings (SSSR count). The van der Waals surface area contributed by atoms with Gasteiger partial charge in [0.2, 0.25) is 0 Å². The zero-order chi connectivity index (χ0) is 107. The molecular formula is C111H125F21N12O6. The van der Waals surface area contributed by atoms with E-state index < -0.39 is 186 Å². The Hall–Kier alpha value is -10.8. The molecule has 0 spiro atoms. The van der Waals surface area contributed by atoms with Crippen molar-refractivity contribution in [1.82, 2.24) is 59.1 Å². The maximum Gasteiger partial charge on any atom is 0.401 e. The van der Waals surface area contributed by atoms with Crippen molar-refractivity contribution in [3.05, 3.63) is 259 Å². The molecule has 0 saturated carbocycles. The number of halogens is 21. The monoisotopic (exact) mass is 2120 g/mol. The average molecular weight is 2120 g/mol. The van der Waals surface area contributed by atoms with Crippen LogP contribution in [-0.4, -0.2) is 262 Å². The van der Waals surface area contributed by atoms with Gasteiger partial charge in [0.1, 0.15) is 126 Å². The van der Waals surface area contributed by atoms with Gasteiger partial charge in [-0.2, -0.15) is 26.3 Å². The van der Waals surface area contributed by atoms with Crippen molar-refractivity contribution in [3.8, 4) is 23.0 Å². The van der Waals surface area contributed by atoms with Crippen LogP contribution in [0.2, 0.25) is 0 Å². The fraction of sp³-hybridized carbons (Fsp3) is 0.495. The highest BCUT2D eigenvalue weighted by molar-refractivity contribution is 5.88. The molecule has 4 saturated heterocycles. The Bertz CT molecular complexity index is 6440. The molecule has 150 heavy (non-hydrogen) atoms. The third-order valence-electron chi connectivity index (χ3n) is 30.8. The van der Waals surface area contributed by atoms with Crippen molar-refractivity contribution >= 4 is 43.6 Å². The number of aliphatic hydroxyl groups is 2. The van der Waals surface area contributed by atoms with Crippen molar-refractivity contribution < 1.29 is 121 Å². The summed E-state index contributed by atoms with van der Waals surface area (Å²) >= 11 is 0. The molecule has 12 heterocycles. The molecule has 8 atom stereocenters. The molecule has 8 aliphatic rings. The van der Waals surface area contributed by atoms with Crippen LogP contribution in [0.3, 0.4) is 0 Å². The minimum absolute atomic E-state index is 0.00376. The third kappa shape index (κ3) is 24.5. The van der Waals surface area contributed by atoms with Crippen LogP contribution in [0, 0.1) is 81.7 Å². The number of benzene rings is 8. The summed E-state index contributed by atoms with van der Waals surface area (Å²) in [5, 5.41) is 21.0. The molecule has 0 bridgehead atoms. The van der Waals surface area contributed by atoms with Crippen LogP contribution in [0.4, 0.5) is 92.2 Å². The van der Waals surface area contributed by atoms with E-state index in [1.165, 1.54) is 64.4 Å². The Labute approximate surface area is 855 Å². The predicted molar refractivity (Wildman–Crippen MR) is 529 cm³/mol. The van der Waals surface area contributed by atoms with Crippen LogP contribution in [0.1, 0.15) is 185 Å². The molecular weight excluding hydrogens is 2000 g/mol. The van der Waals surface area contributed by atoms with Gasteiger partial charge in [0, 0.05) is 240 Å². The van der Waals surface area contributed by atoms with E-state index in [9.17, 15) is 67.3 Å². The van der Waals surface area contributed by atoms with Gasteiger partial charge >= 0.3 is 12.4 Å². The number of alkyl halides is 10. The van der Waals surface area contributed by atoms with Crippen LogP contribution in [-0.2, 0) is 25.7 Å². The smallest absolute Gasteiger partial charge is 0.401 e. The standard InChI is InChI=1S/2C28H32F5N3O2.C28H32F5N3O.C27H29F6N3O/c2*1-3-17-12-35(13-17)6-7-38-19-10-22(30)25(23(31)11-19)27-26-21(20-9-18(29)4-5-24(20)34-26)8-16(2)36(27)14-28(32,33)15-37;1-3-18-15-35(16-18)10-11-37-19-13-22(29)25(23(30)14-19)27-26-21(20-6-4-5-7-24(20)34-26)12-17(2)36(27)9-8-28(31,32)33;1-3-4-7-35-12-18(13-35)37-17-10-21(29)24(22(30)11-17)26-25-20(8-15(2)36(26)14-27(31,32)33)19-9-16(28)5-6-23(19)34-25/h2*4-5,9-11,16-17,27,34,37H,3,6-8,12-15H2,1-2H3;4-7,13-14,17-18,27,34H,3,8-12,15-16H2,1-2H3;5-6,9-11,15,18,26,34H,3-4,7-8,12-14H2,1-2H3/t2*16-,27-;17-,27-;15-,26-/m1011/s1. The van der Waals surface area contributed by atoms with E-state index in [0.717, 1.165) is 148 Å². The summed E-state index contributed by atoms with van der Waals surface area (Å²) in [6.45, 7) is 19.9. The molecule has 12 aromatic rings. The number of aliphatic hydroxyl groups excluding tert-OH is 2. The van der Waals surface area contributed by atoms with Gasteiger partial charge in [-0.1, -0.05) is 71.6 Å². The maximum absolute atomic E-state index is 15.6. The number of aromatic amines is 4. The van der Waals surface area contributed by atoms with Crippen LogP contribution < -0.4 is 18.9 Å². The van der Waals surface area contributed by atoms with Gasteiger partial charge in [-0.05, 0) is 167 Å². The molecule has 8 aromatic carbocycles. The molecule has 4 aromatic heterocycles. The molecule has 8 aliphatic heterocycles. The lowest BCUT2D eigenvalue weighted by molar-refractivity contribution is -0.155. The summed E-state index contributed by atoms with van der Waals surface area (Å²) in [6, 6.07) is 21.3. The number of H-pyrrole nitrogens is 4. The second kappa shape index (κ2) is 45.9. The lowest BCUT2D eigenvalue weighted by Crippen LogP contribution is -2.53. The van der Waals surface area contributed by atoms with E-state index in [1.807, 2.05) is 24.3 Å². The van der Waals surface area contributed by atoms with Crippen LogP contribution >= 0.6 is 0 Å². The second-order valence-electron chi connectivity index (χ2n) is 41.5. The lowest BCUT2D eigenvalue weighted by atomic mass is 9.87. The quantitative estimate of drug-likeness (QED) is 0.0215. The summed E-state index contributed by atoms with van der Waals surface area (Å²) in [5.74, 6) is -13.6. The van der Waals surface area contributed by atoms with Gasteiger partial charge < -0.3 is 49.1 Å². The van der Waals surface area contributed by atoms with Gasteiger partial charge in [-0.25, -0.2) is 65.9 Å². The Morgan fingerprint density at radius 1 is 0.327 bits per heavy atom. The predicted octanol–water partition coefficient (Wildman–Crippen LogP) is 23.3. The summed E-state index contributed by atoms with van der Waals surface area (Å²) in [6.07, 6.45) is -3.58. The molecule has 0 radical (unpaired) electrons. The fourth-order valence-corrected chi connectivity index (χ4v) is 22.7. The van der Waals surface area contributed by atoms with Gasteiger partial charge in [0.25, 0.3) is 11.8 Å². The van der Waals surface area contributed by atoms with E-state index in [1.54, 1.807) is 32.6 Å². The molecule has 812 valence electrons. The first-order chi connectivity index (χ1) is 71.4. The topological polar surface area (TPSA) is 166 Å². The number of nitrogens with one attached hydrogen (secondary N) is 4. The number of aromatic nitrogens is 4. The van der Waals surface area contributed by atoms with Crippen molar-refractivity contribution in [2.24, 2.45) is 17.8 Å². The zero-order valence-electron chi connectivity index (χ0n) is 84.5. The van der Waals surface area contributed by atoms with Crippen molar-refractivity contribution in [3.63, 3.8) is 0 Å². The Balaban J connectivity index is 0.000000136. The number of likely N-dealkylation sites (tertiary alicyclic amines) is 4. The van der Waals surface area contributed by atoms with E-state index in [-0.39, 0.29) is 85.4 Å². The first-order valence-corrected chi connectivity index (χ1v) is 51.4. The number of hydrogen-bond acceptors (Lipinski definition) is 14. The molecule has 0 unspecified atom stereocenters. The first-order valence-electron chi connectivity index (χ1n) is 51.4. The summed E-state index contributed by atoms with van der Waals surface area (Å²) in [4.78, 5) is 26.5. The average Bonchev–Trinajstić information content (AvgIpc) is 1.57. The Morgan fingerprint density at radius 2 is 0.620 bits per heavy atom. The molecule has 0 amide bonds. The summed E-state index contributed by atoms with van der Waals surface area (Å²) in [7, 11) is 0. The normalized spacial score (nSPS) is 21.2. The van der Waals surface area contributed by atoms with Gasteiger partial charge in [-0.15, -0.1) is 0 Å². The van der Waals surface area contributed by atoms with Crippen LogP contribution in [0.25, 0.3) is 43.6 Å². The number of unbranched alkanes of at least 4 members (excludes halogenated alkanes) is 1. The highest BCUT2D eigenvalue weighted by Gasteiger charge is 2.50. The highest BCUT2D eigenvalue weighted by Crippen LogP contribution is 2.51. The SMILES string of the molecule is CCC1CN(CCOc2cc(F)c([C@@H]3c4[nH]c5ccc(F)cc5c4C[C@@H](C)N3CC(F)(F)CO)c(F)c2)C1.CCC1CN(CCOc2cc(F)c([C@@H]3c4[nH]c5ccccc5c4C[C@@H](C)N3CCC(F)(F)F)c(F)c2)C1.CCC1CN(CCOc2cc(F)c([C@H]3c4[nH]c5ccc(F)cc5c4C[C@H](C)N3CC(F)(F)CO)c(F)c2)C1.CCCCN1CC(Oc2cc(F)c([C@@H]3c4[nH]c5ccc(F)cc5c4C[C@@H](C)N3CC(F)(F)F)c(F)c2)C1. The number of ether oxygens (including phenoxy) is 4. The largest absolute Gasteiger partial charge is 0.492 e. The number of nitrogens with zero attached hydrogens (tertiary/aromatic N) is 8. The minimum Gasteiger partial charge on any atom is -0.492 e. The number of rotatable bonds is 33. The molecule has 39 heteroatoms. The molecule has 4 fully saturated rings. The molecule has 6 N–H and O–H groups in total. The lowest BCUT2D eigenvalue weighted by Gasteiger charge is -2.42. The Morgan fingerprint density at radius 3 is 0.933 bits per heavy atom. The maximum atomic E-state index is 15.6. The van der Waals surface area contributed by atoms with E-state index >= 15 is 35.1 Å². The van der Waals surface area contributed by atoms with Crippen molar-refractivity contribution in [1.29, 1.82) is 0 Å². The van der Waals surface area contributed by atoms with Crippen LogP contribution in [0.5, 0.6) is 23.0 Å². The van der Waals surface area contributed by atoms with Crippen molar-refractivity contribution in [2.45, 2.75) is 198 Å². The second-order valence-corrected chi connectivity index (χ2v) is 41.5. The highest BCUT2D eigenvalue weighted by atomic mass is 19.4. The number of hydrogen-bond donors (Lipinski definition) is 6. The summed E-state index contributed by atoms with van der Waals surface area (Å²) < 4.78 is 327. The van der Waals surface area contributed by atoms with Gasteiger partial charge in [0.05, 0.1) is 50.2 Å². The number of fused-ring (bicyclic) bond motifs is 12. The van der Waals surface area contributed by atoms with Crippen LogP contribution in [0.15, 0.2) is 127 Å². The van der Waals surface area contributed by atoms with Gasteiger partial charge in [-0.3, -0.25) is 39.2 Å².